The minimum absolute atomic E-state index is 0.0526. The Bertz CT molecular complexity index is 671. The molecule has 2 aliphatic rings. The predicted molar refractivity (Wildman–Crippen MR) is 110 cm³/mol. The Kier molecular flexibility index (Phi) is 6.14. The van der Waals surface area contributed by atoms with E-state index in [1.807, 2.05) is 24.0 Å². The molecule has 0 spiro atoms. The molecule has 6 heteroatoms. The Hall–Kier alpha value is -1.66. The normalized spacial score (nSPS) is 19.0. The molecule has 2 N–H and O–H groups in total. The lowest BCUT2D eigenvalue weighted by Gasteiger charge is -2.32. The highest BCUT2D eigenvalue weighted by atomic mass is 32.1. The summed E-state index contributed by atoms with van der Waals surface area (Å²) >= 11 is 5.57. The van der Waals surface area contributed by atoms with Crippen LogP contribution in [0.1, 0.15) is 50.5 Å². The maximum absolute atomic E-state index is 12.0. The van der Waals surface area contributed by atoms with Crippen molar-refractivity contribution in [3.63, 3.8) is 0 Å². The summed E-state index contributed by atoms with van der Waals surface area (Å²) in [6, 6.07) is 6.07. The first-order chi connectivity index (χ1) is 12.5. The average Bonchev–Trinajstić information content (AvgIpc) is 3.23. The van der Waals surface area contributed by atoms with Crippen molar-refractivity contribution < 1.29 is 9.53 Å². The topological polar surface area (TPSA) is 53.6 Å². The van der Waals surface area contributed by atoms with Gasteiger partial charge in [0.2, 0.25) is 5.91 Å². The fraction of sp³-hybridized carbons (Fsp3) is 0.600. The van der Waals surface area contributed by atoms with Crippen LogP contribution in [0.2, 0.25) is 0 Å². The predicted octanol–water partition coefficient (Wildman–Crippen LogP) is 3.76. The number of hydrogen-bond donors (Lipinski definition) is 2. The molecule has 1 amide bonds. The number of nitrogens with one attached hydrogen (secondary N) is 2. The molecule has 0 bridgehead atoms. The lowest BCUT2D eigenvalue weighted by Crippen LogP contribution is -2.48. The van der Waals surface area contributed by atoms with Gasteiger partial charge in [0.15, 0.2) is 5.11 Å². The lowest BCUT2D eigenvalue weighted by atomic mass is 9.94. The number of methoxy groups -OCH3 is 1. The maximum atomic E-state index is 12.0. The van der Waals surface area contributed by atoms with Crippen molar-refractivity contribution in [3.8, 4) is 0 Å². The van der Waals surface area contributed by atoms with Gasteiger partial charge in [0.05, 0.1) is 0 Å². The Balaban J connectivity index is 1.63. The highest BCUT2D eigenvalue weighted by Crippen LogP contribution is 2.33. The van der Waals surface area contributed by atoms with Crippen molar-refractivity contribution in [2.24, 2.45) is 0 Å². The van der Waals surface area contributed by atoms with Crippen molar-refractivity contribution in [2.75, 3.05) is 30.5 Å². The van der Waals surface area contributed by atoms with Crippen molar-refractivity contribution in [1.29, 1.82) is 0 Å². The van der Waals surface area contributed by atoms with Gasteiger partial charge in [-0.25, -0.2) is 0 Å². The van der Waals surface area contributed by atoms with Crippen LogP contribution in [0.25, 0.3) is 0 Å². The standard InChI is InChI=1S/C20H29N3O2S/c1-15-14-16(7-8-17(15)23-12-5-6-18(23)24)21-19(26)22-20(11-13-25-2)9-3-4-10-20/h7-8,14H,3-6,9-13H2,1-2H3,(H2,21,22,26). The van der Waals surface area contributed by atoms with Crippen LogP contribution in [0, 0.1) is 6.92 Å². The summed E-state index contributed by atoms with van der Waals surface area (Å²) in [6.45, 7) is 3.60. The van der Waals surface area contributed by atoms with E-state index in [9.17, 15) is 4.79 Å². The monoisotopic (exact) mass is 375 g/mol. The molecule has 0 atom stereocenters. The Morgan fingerprint density at radius 1 is 1.31 bits per heavy atom. The van der Waals surface area contributed by atoms with Crippen LogP contribution in [0.15, 0.2) is 18.2 Å². The number of carbonyl (C=O) groups excluding carboxylic acids is 1. The van der Waals surface area contributed by atoms with Crippen molar-refractivity contribution in [3.05, 3.63) is 23.8 Å². The number of aryl methyl sites for hydroxylation is 1. The highest BCUT2D eigenvalue weighted by molar-refractivity contribution is 7.80. The lowest BCUT2D eigenvalue weighted by molar-refractivity contribution is -0.117. The summed E-state index contributed by atoms with van der Waals surface area (Å²) < 4.78 is 5.28. The third-order valence-corrected chi connectivity index (χ3v) is 5.75. The molecule has 1 heterocycles. The number of carbonyl (C=O) groups is 1. The second-order valence-electron chi connectivity index (χ2n) is 7.46. The molecular weight excluding hydrogens is 346 g/mol. The van der Waals surface area contributed by atoms with Gasteiger partial charge in [-0.2, -0.15) is 0 Å². The van der Waals surface area contributed by atoms with Crippen LogP contribution in [0.3, 0.4) is 0 Å². The van der Waals surface area contributed by atoms with E-state index < -0.39 is 0 Å². The van der Waals surface area contributed by atoms with Gasteiger partial charge >= 0.3 is 0 Å². The number of thiocarbonyl (C=S) groups is 1. The smallest absolute Gasteiger partial charge is 0.227 e. The van der Waals surface area contributed by atoms with E-state index >= 15 is 0 Å². The third kappa shape index (κ3) is 4.35. The number of benzene rings is 1. The zero-order valence-electron chi connectivity index (χ0n) is 15.8. The third-order valence-electron chi connectivity index (χ3n) is 5.54. The Morgan fingerprint density at radius 3 is 2.69 bits per heavy atom. The molecule has 142 valence electrons. The van der Waals surface area contributed by atoms with Crippen LogP contribution >= 0.6 is 12.2 Å². The quantitative estimate of drug-likeness (QED) is 0.742. The molecule has 0 unspecified atom stereocenters. The van der Waals surface area contributed by atoms with Crippen LogP contribution < -0.4 is 15.5 Å². The van der Waals surface area contributed by atoms with Crippen LogP contribution in [0.5, 0.6) is 0 Å². The molecule has 5 nitrogen and oxygen atoms in total. The number of rotatable bonds is 6. The molecule has 0 aromatic heterocycles. The van der Waals surface area contributed by atoms with E-state index in [-0.39, 0.29) is 11.4 Å². The largest absolute Gasteiger partial charge is 0.385 e. The summed E-state index contributed by atoms with van der Waals surface area (Å²) in [4.78, 5) is 13.9. The molecule has 26 heavy (non-hydrogen) atoms. The van der Waals surface area contributed by atoms with Gasteiger partial charge in [-0.05, 0) is 68.6 Å². The summed E-state index contributed by atoms with van der Waals surface area (Å²) in [7, 11) is 1.74. The first-order valence-electron chi connectivity index (χ1n) is 9.52. The Morgan fingerprint density at radius 2 is 2.08 bits per heavy atom. The second kappa shape index (κ2) is 8.35. The molecular formula is C20H29N3O2S. The molecule has 0 radical (unpaired) electrons. The van der Waals surface area contributed by atoms with Crippen molar-refractivity contribution >= 4 is 34.6 Å². The first kappa shape index (κ1) is 19.1. The van der Waals surface area contributed by atoms with Crippen molar-refractivity contribution in [2.45, 2.75) is 57.4 Å². The summed E-state index contributed by atoms with van der Waals surface area (Å²) in [6.07, 6.45) is 7.29. The minimum atomic E-state index is 0.0526. The number of hydrogen-bond acceptors (Lipinski definition) is 3. The number of nitrogens with zero attached hydrogens (tertiary/aromatic N) is 1. The molecule has 1 aliphatic heterocycles. The summed E-state index contributed by atoms with van der Waals surface area (Å²) in [5.74, 6) is 0.215. The fourth-order valence-electron chi connectivity index (χ4n) is 4.13. The number of amides is 1. The first-order valence-corrected chi connectivity index (χ1v) is 9.93. The minimum Gasteiger partial charge on any atom is -0.385 e. The maximum Gasteiger partial charge on any atom is 0.227 e. The molecule has 1 saturated heterocycles. The van der Waals surface area contributed by atoms with E-state index in [1.54, 1.807) is 7.11 Å². The zero-order chi connectivity index (χ0) is 18.6. The van der Waals surface area contributed by atoms with Gasteiger partial charge in [0.1, 0.15) is 0 Å². The van der Waals surface area contributed by atoms with Gasteiger partial charge < -0.3 is 20.3 Å². The van der Waals surface area contributed by atoms with Gasteiger partial charge in [-0.15, -0.1) is 0 Å². The summed E-state index contributed by atoms with van der Waals surface area (Å²) in [5, 5.41) is 7.52. The van der Waals surface area contributed by atoms with E-state index in [4.69, 9.17) is 17.0 Å². The van der Waals surface area contributed by atoms with Crippen LogP contribution in [-0.4, -0.2) is 36.8 Å². The van der Waals surface area contributed by atoms with Crippen molar-refractivity contribution in [1.82, 2.24) is 5.32 Å². The summed E-state index contributed by atoms with van der Waals surface area (Å²) in [5.41, 5.74) is 3.10. The molecule has 3 rings (SSSR count). The SMILES string of the molecule is COCCC1(NC(=S)Nc2ccc(N3CCCC3=O)c(C)c2)CCCC1. The van der Waals surface area contributed by atoms with Crippen LogP contribution in [0.4, 0.5) is 11.4 Å². The van der Waals surface area contributed by atoms with Crippen LogP contribution in [-0.2, 0) is 9.53 Å². The zero-order valence-corrected chi connectivity index (χ0v) is 16.6. The molecule has 1 aromatic rings. The van der Waals surface area contributed by atoms with Gasteiger partial charge in [-0.1, -0.05) is 12.8 Å². The van der Waals surface area contributed by atoms with Gasteiger partial charge in [0, 0.05) is 43.6 Å². The molecule has 1 saturated carbocycles. The number of ether oxygens (including phenoxy) is 1. The van der Waals surface area contributed by atoms with E-state index in [0.717, 1.165) is 55.8 Å². The van der Waals surface area contributed by atoms with E-state index in [1.165, 1.54) is 12.8 Å². The van der Waals surface area contributed by atoms with Gasteiger partial charge in [-0.3, -0.25) is 4.79 Å². The second-order valence-corrected chi connectivity index (χ2v) is 7.87. The molecule has 2 fully saturated rings. The Labute approximate surface area is 161 Å². The molecule has 1 aromatic carbocycles. The average molecular weight is 376 g/mol. The molecule has 1 aliphatic carbocycles. The number of anilines is 2. The van der Waals surface area contributed by atoms with E-state index in [2.05, 4.69) is 16.7 Å². The highest BCUT2D eigenvalue weighted by Gasteiger charge is 2.34. The van der Waals surface area contributed by atoms with Gasteiger partial charge in [0.25, 0.3) is 0 Å². The van der Waals surface area contributed by atoms with E-state index in [0.29, 0.717) is 11.5 Å². The fourth-order valence-corrected chi connectivity index (χ4v) is 4.46.